The number of likely N-dealkylation sites (tertiary alicyclic amines) is 1. The fraction of sp³-hybridized carbons (Fsp3) is 1.00. The van der Waals surface area contributed by atoms with Gasteiger partial charge in [-0.2, -0.15) is 0 Å². The lowest BCUT2D eigenvalue weighted by Crippen LogP contribution is -2.36. The average Bonchev–Trinajstić information content (AvgIpc) is 2.78. The number of unbranched alkanes of at least 4 members (excludes halogenated alkanes) is 1. The molecule has 1 aliphatic heterocycles. The van der Waals surface area contributed by atoms with Gasteiger partial charge in [0.25, 0.3) is 0 Å². The number of piperidine rings is 1. The number of ether oxygens (including phenoxy) is 1. The van der Waals surface area contributed by atoms with Crippen LogP contribution in [0.15, 0.2) is 0 Å². The van der Waals surface area contributed by atoms with Crippen LogP contribution in [0.1, 0.15) is 46.0 Å². The third-order valence-electron chi connectivity index (χ3n) is 4.79. The highest BCUT2D eigenvalue weighted by atomic mass is 16.5. The second kappa shape index (κ2) is 6.19. The molecule has 0 spiro atoms. The SMILES string of the molecule is CCCC[C@@H](CCC)N1C[C@@H]2[C@@H](COC)[C@@H]2C1. The Labute approximate surface area is 107 Å². The molecule has 17 heavy (non-hydrogen) atoms. The summed E-state index contributed by atoms with van der Waals surface area (Å²) in [4.78, 5) is 2.78. The quantitative estimate of drug-likeness (QED) is 0.645. The van der Waals surface area contributed by atoms with Crippen LogP contribution in [0.25, 0.3) is 0 Å². The van der Waals surface area contributed by atoms with E-state index in [0.29, 0.717) is 0 Å². The van der Waals surface area contributed by atoms with Crippen LogP contribution in [-0.4, -0.2) is 37.7 Å². The molecule has 1 saturated carbocycles. The zero-order valence-electron chi connectivity index (χ0n) is 11.8. The molecule has 0 amide bonds. The highest BCUT2D eigenvalue weighted by Gasteiger charge is 2.55. The number of methoxy groups -OCH3 is 1. The van der Waals surface area contributed by atoms with Gasteiger partial charge in [-0.3, -0.25) is 4.90 Å². The van der Waals surface area contributed by atoms with Gasteiger partial charge >= 0.3 is 0 Å². The molecule has 0 aromatic carbocycles. The molecule has 2 fully saturated rings. The first kappa shape index (κ1) is 13.4. The van der Waals surface area contributed by atoms with E-state index in [2.05, 4.69) is 18.7 Å². The van der Waals surface area contributed by atoms with Crippen molar-refractivity contribution in [2.45, 2.75) is 52.0 Å². The zero-order valence-corrected chi connectivity index (χ0v) is 11.8. The zero-order chi connectivity index (χ0) is 12.3. The summed E-state index contributed by atoms with van der Waals surface area (Å²) in [5.41, 5.74) is 0. The normalized spacial score (nSPS) is 33.7. The Hall–Kier alpha value is -0.0800. The summed E-state index contributed by atoms with van der Waals surface area (Å²) in [6, 6.07) is 0.871. The predicted octanol–water partition coefficient (Wildman–Crippen LogP) is 3.17. The van der Waals surface area contributed by atoms with Crippen molar-refractivity contribution in [2.24, 2.45) is 17.8 Å². The van der Waals surface area contributed by atoms with Gasteiger partial charge in [-0.15, -0.1) is 0 Å². The number of rotatable bonds is 8. The molecule has 2 rings (SSSR count). The van der Waals surface area contributed by atoms with Crippen molar-refractivity contribution in [1.82, 2.24) is 4.90 Å². The molecule has 2 aliphatic rings. The van der Waals surface area contributed by atoms with Gasteiger partial charge in [0.1, 0.15) is 0 Å². The van der Waals surface area contributed by atoms with E-state index >= 15 is 0 Å². The van der Waals surface area contributed by atoms with Crippen molar-refractivity contribution in [3.8, 4) is 0 Å². The van der Waals surface area contributed by atoms with Gasteiger partial charge in [0.15, 0.2) is 0 Å². The molecule has 2 nitrogen and oxygen atoms in total. The van der Waals surface area contributed by atoms with Gasteiger partial charge in [-0.05, 0) is 30.6 Å². The molecule has 0 aromatic heterocycles. The van der Waals surface area contributed by atoms with Gasteiger partial charge < -0.3 is 4.74 Å². The Balaban J connectivity index is 1.75. The first-order valence-corrected chi connectivity index (χ1v) is 7.54. The Morgan fingerprint density at radius 3 is 2.35 bits per heavy atom. The van der Waals surface area contributed by atoms with Crippen LogP contribution in [0.3, 0.4) is 0 Å². The summed E-state index contributed by atoms with van der Waals surface area (Å²) in [5, 5.41) is 0. The van der Waals surface area contributed by atoms with Gasteiger partial charge in [0.2, 0.25) is 0 Å². The highest BCUT2D eigenvalue weighted by molar-refractivity contribution is 5.06. The maximum Gasteiger partial charge on any atom is 0.0496 e. The van der Waals surface area contributed by atoms with E-state index in [1.807, 2.05) is 7.11 Å². The molecular weight excluding hydrogens is 210 g/mol. The van der Waals surface area contributed by atoms with Crippen molar-refractivity contribution in [2.75, 3.05) is 26.8 Å². The Kier molecular flexibility index (Phi) is 4.87. The molecule has 4 atom stereocenters. The molecule has 100 valence electrons. The summed E-state index contributed by atoms with van der Waals surface area (Å²) in [5.74, 6) is 2.83. The second-order valence-corrected chi connectivity index (χ2v) is 5.99. The van der Waals surface area contributed by atoms with E-state index in [1.165, 1.54) is 45.2 Å². The molecule has 0 N–H and O–H groups in total. The molecule has 0 radical (unpaired) electrons. The molecule has 0 bridgehead atoms. The van der Waals surface area contributed by atoms with Crippen LogP contribution in [0.2, 0.25) is 0 Å². The summed E-state index contributed by atoms with van der Waals surface area (Å²) in [6.07, 6.45) is 6.89. The van der Waals surface area contributed by atoms with Crippen LogP contribution >= 0.6 is 0 Å². The van der Waals surface area contributed by atoms with Gasteiger partial charge in [-0.1, -0.05) is 33.1 Å². The van der Waals surface area contributed by atoms with E-state index in [0.717, 1.165) is 30.4 Å². The molecule has 0 aromatic rings. The van der Waals surface area contributed by atoms with Gasteiger partial charge in [0.05, 0.1) is 0 Å². The van der Waals surface area contributed by atoms with Crippen LogP contribution in [-0.2, 0) is 4.74 Å². The van der Waals surface area contributed by atoms with Crippen molar-refractivity contribution in [3.63, 3.8) is 0 Å². The lowest BCUT2D eigenvalue weighted by Gasteiger charge is -2.29. The monoisotopic (exact) mass is 239 g/mol. The van der Waals surface area contributed by atoms with Crippen LogP contribution in [0.4, 0.5) is 0 Å². The fourth-order valence-corrected chi connectivity index (χ4v) is 3.70. The van der Waals surface area contributed by atoms with Crippen molar-refractivity contribution in [3.05, 3.63) is 0 Å². The number of nitrogens with zero attached hydrogens (tertiary/aromatic N) is 1. The predicted molar refractivity (Wildman–Crippen MR) is 72.1 cm³/mol. The van der Waals surface area contributed by atoms with E-state index < -0.39 is 0 Å². The molecule has 0 unspecified atom stereocenters. The van der Waals surface area contributed by atoms with Crippen molar-refractivity contribution < 1.29 is 4.74 Å². The molecular formula is C15H29NO. The largest absolute Gasteiger partial charge is 0.384 e. The smallest absolute Gasteiger partial charge is 0.0496 e. The third-order valence-corrected chi connectivity index (χ3v) is 4.79. The highest BCUT2D eigenvalue weighted by Crippen LogP contribution is 2.52. The first-order valence-electron chi connectivity index (χ1n) is 7.54. The summed E-state index contributed by atoms with van der Waals surface area (Å²) in [7, 11) is 1.84. The topological polar surface area (TPSA) is 12.5 Å². The molecule has 1 aliphatic carbocycles. The molecule has 1 heterocycles. The minimum atomic E-state index is 0.871. The number of hydrogen-bond acceptors (Lipinski definition) is 2. The van der Waals surface area contributed by atoms with Crippen molar-refractivity contribution in [1.29, 1.82) is 0 Å². The van der Waals surface area contributed by atoms with E-state index in [9.17, 15) is 0 Å². The van der Waals surface area contributed by atoms with E-state index in [-0.39, 0.29) is 0 Å². The Bertz CT molecular complexity index is 219. The Morgan fingerprint density at radius 1 is 1.12 bits per heavy atom. The van der Waals surface area contributed by atoms with Crippen LogP contribution < -0.4 is 0 Å². The van der Waals surface area contributed by atoms with Gasteiger partial charge in [0, 0.05) is 32.8 Å². The van der Waals surface area contributed by atoms with E-state index in [4.69, 9.17) is 4.74 Å². The second-order valence-electron chi connectivity index (χ2n) is 5.99. The maximum absolute atomic E-state index is 5.29. The maximum atomic E-state index is 5.29. The summed E-state index contributed by atoms with van der Waals surface area (Å²) < 4.78 is 5.29. The van der Waals surface area contributed by atoms with E-state index in [1.54, 1.807) is 0 Å². The Morgan fingerprint density at radius 2 is 1.82 bits per heavy atom. The number of hydrogen-bond donors (Lipinski definition) is 0. The summed E-state index contributed by atoms with van der Waals surface area (Å²) >= 11 is 0. The lowest BCUT2D eigenvalue weighted by atomic mass is 10.0. The minimum Gasteiger partial charge on any atom is -0.384 e. The fourth-order valence-electron chi connectivity index (χ4n) is 3.70. The van der Waals surface area contributed by atoms with Crippen LogP contribution in [0.5, 0.6) is 0 Å². The van der Waals surface area contributed by atoms with Crippen LogP contribution in [0, 0.1) is 17.8 Å². The standard InChI is InChI=1S/C15H29NO/c1-4-6-8-12(7-5-2)16-9-13-14(10-16)15(13)11-17-3/h12-15H,4-11H2,1-3H3/t12-,13-,14+,15+/m1/s1. The molecule has 1 saturated heterocycles. The average molecular weight is 239 g/mol. The third kappa shape index (κ3) is 3.03. The first-order chi connectivity index (χ1) is 8.31. The minimum absolute atomic E-state index is 0.871. The van der Waals surface area contributed by atoms with Crippen molar-refractivity contribution >= 4 is 0 Å². The number of fused-ring (bicyclic) bond motifs is 1. The summed E-state index contributed by atoms with van der Waals surface area (Å²) in [6.45, 7) is 8.33. The molecule has 2 heteroatoms. The lowest BCUT2D eigenvalue weighted by molar-refractivity contribution is 0.140. The van der Waals surface area contributed by atoms with Gasteiger partial charge in [-0.25, -0.2) is 0 Å².